The standard InChI is InChI=1S/C20H14F3N3O8S/c21-20(22,23)33-12-3-1-2-4-13(12)35(31,32)34-16-10(24)6-5-9-15(16)19(30)26(18(9)29)11-7-8-14(27)25-17(11)28/h1-6,11H,7-8,24H2,(H,25,27,28). The highest BCUT2D eigenvalue weighted by atomic mass is 32.2. The fourth-order valence-electron chi connectivity index (χ4n) is 3.65. The molecule has 4 rings (SSSR count). The average molecular weight is 513 g/mol. The third kappa shape index (κ3) is 4.37. The van der Waals surface area contributed by atoms with Crippen molar-refractivity contribution < 1.29 is 49.7 Å². The Balaban J connectivity index is 1.74. The number of amides is 4. The average Bonchev–Trinajstić information content (AvgIpc) is 2.99. The molecule has 1 fully saturated rings. The van der Waals surface area contributed by atoms with E-state index in [-0.39, 0.29) is 18.4 Å². The number of rotatable bonds is 5. The first-order chi connectivity index (χ1) is 16.3. The Kier molecular flexibility index (Phi) is 5.67. The maximum atomic E-state index is 13.1. The second-order valence-corrected chi connectivity index (χ2v) is 8.90. The Morgan fingerprint density at radius 1 is 1.03 bits per heavy atom. The molecule has 0 aliphatic carbocycles. The van der Waals surface area contributed by atoms with Crippen LogP contribution in [0, 0.1) is 0 Å². The number of anilines is 1. The second-order valence-electron chi connectivity index (χ2n) is 7.39. The summed E-state index contributed by atoms with van der Waals surface area (Å²) < 4.78 is 72.7. The Hall–Kier alpha value is -4.14. The van der Waals surface area contributed by atoms with Gasteiger partial charge in [-0.25, -0.2) is 0 Å². The molecule has 184 valence electrons. The van der Waals surface area contributed by atoms with Gasteiger partial charge in [0.2, 0.25) is 11.8 Å². The number of nitrogens with one attached hydrogen (secondary N) is 1. The number of carbonyl (C=O) groups is 4. The molecule has 15 heteroatoms. The lowest BCUT2D eigenvalue weighted by molar-refractivity contribution is -0.275. The van der Waals surface area contributed by atoms with Gasteiger partial charge in [0.1, 0.15) is 10.9 Å². The van der Waals surface area contributed by atoms with E-state index < -0.39 is 73.8 Å². The zero-order chi connectivity index (χ0) is 25.7. The van der Waals surface area contributed by atoms with Gasteiger partial charge in [0.05, 0.1) is 16.8 Å². The predicted molar refractivity (Wildman–Crippen MR) is 108 cm³/mol. The quantitative estimate of drug-likeness (QED) is 0.341. The highest BCUT2D eigenvalue weighted by Crippen LogP contribution is 2.40. The summed E-state index contributed by atoms with van der Waals surface area (Å²) in [5.74, 6) is -5.51. The molecule has 1 saturated heterocycles. The summed E-state index contributed by atoms with van der Waals surface area (Å²) in [6, 6.07) is 4.52. The van der Waals surface area contributed by atoms with E-state index in [4.69, 9.17) is 9.92 Å². The minimum Gasteiger partial charge on any atom is -0.404 e. The highest BCUT2D eigenvalue weighted by Gasteiger charge is 2.47. The SMILES string of the molecule is Nc1ccc2c(c1OS(=O)(=O)c1ccccc1OC(F)(F)F)C(=O)N(C1CCC(=O)NC1=O)C2=O. The van der Waals surface area contributed by atoms with Crippen molar-refractivity contribution in [2.24, 2.45) is 0 Å². The summed E-state index contributed by atoms with van der Waals surface area (Å²) in [5, 5.41) is 2.00. The third-order valence-corrected chi connectivity index (χ3v) is 6.39. The van der Waals surface area contributed by atoms with Crippen LogP contribution in [0.3, 0.4) is 0 Å². The van der Waals surface area contributed by atoms with Crippen LogP contribution >= 0.6 is 0 Å². The molecule has 35 heavy (non-hydrogen) atoms. The van der Waals surface area contributed by atoms with Gasteiger partial charge in [-0.1, -0.05) is 12.1 Å². The van der Waals surface area contributed by atoms with Gasteiger partial charge < -0.3 is 14.7 Å². The summed E-state index contributed by atoms with van der Waals surface area (Å²) >= 11 is 0. The van der Waals surface area contributed by atoms with Gasteiger partial charge in [-0.2, -0.15) is 8.42 Å². The van der Waals surface area contributed by atoms with Gasteiger partial charge in [0.25, 0.3) is 11.8 Å². The molecule has 1 atom stereocenters. The number of piperidine rings is 1. The molecule has 0 spiro atoms. The van der Waals surface area contributed by atoms with Crippen LogP contribution in [0.4, 0.5) is 18.9 Å². The summed E-state index contributed by atoms with van der Waals surface area (Å²) in [6.07, 6.45) is -5.54. The Labute approximate surface area is 194 Å². The van der Waals surface area contributed by atoms with E-state index in [1.54, 1.807) is 0 Å². The number of benzene rings is 2. The molecule has 11 nitrogen and oxygen atoms in total. The lowest BCUT2D eigenvalue weighted by atomic mass is 10.0. The van der Waals surface area contributed by atoms with Crippen molar-refractivity contribution in [2.75, 3.05) is 5.73 Å². The molecule has 3 N–H and O–H groups in total. The number of carbonyl (C=O) groups excluding carboxylic acids is 4. The van der Waals surface area contributed by atoms with Crippen molar-refractivity contribution in [1.82, 2.24) is 10.2 Å². The normalized spacial score (nSPS) is 18.4. The first kappa shape index (κ1) is 24.0. The summed E-state index contributed by atoms with van der Waals surface area (Å²) in [6.45, 7) is 0. The Bertz CT molecular complexity index is 1390. The number of nitrogens with two attached hydrogens (primary N) is 1. The van der Waals surface area contributed by atoms with Gasteiger partial charge >= 0.3 is 16.5 Å². The van der Waals surface area contributed by atoms with E-state index in [1.807, 2.05) is 5.32 Å². The molecule has 1 unspecified atom stereocenters. The Morgan fingerprint density at radius 3 is 2.37 bits per heavy atom. The van der Waals surface area contributed by atoms with E-state index in [1.165, 1.54) is 0 Å². The van der Waals surface area contributed by atoms with E-state index >= 15 is 0 Å². The molecule has 2 aliphatic heterocycles. The lowest BCUT2D eigenvalue weighted by Crippen LogP contribution is -2.54. The summed E-state index contributed by atoms with van der Waals surface area (Å²) in [5.41, 5.74) is 4.42. The van der Waals surface area contributed by atoms with Crippen molar-refractivity contribution in [3.05, 3.63) is 47.5 Å². The maximum absolute atomic E-state index is 13.1. The molecule has 0 aromatic heterocycles. The minimum atomic E-state index is -5.22. The van der Waals surface area contributed by atoms with Gasteiger partial charge in [-0.15, -0.1) is 13.2 Å². The fourth-order valence-corrected chi connectivity index (χ4v) is 4.74. The first-order valence-electron chi connectivity index (χ1n) is 9.73. The van der Waals surface area contributed by atoms with Gasteiger partial charge in [-0.3, -0.25) is 29.4 Å². The van der Waals surface area contributed by atoms with E-state index in [2.05, 4.69) is 4.74 Å². The van der Waals surface area contributed by atoms with E-state index in [0.717, 1.165) is 36.4 Å². The van der Waals surface area contributed by atoms with Crippen LogP contribution in [0.25, 0.3) is 0 Å². The van der Waals surface area contributed by atoms with Gasteiger partial charge in [-0.05, 0) is 30.7 Å². The first-order valence-corrected chi connectivity index (χ1v) is 11.1. The van der Waals surface area contributed by atoms with Gasteiger partial charge in [0, 0.05) is 6.42 Å². The largest absolute Gasteiger partial charge is 0.573 e. The summed E-state index contributed by atoms with van der Waals surface area (Å²) in [4.78, 5) is 49.2. The van der Waals surface area contributed by atoms with E-state index in [9.17, 15) is 40.8 Å². The van der Waals surface area contributed by atoms with Crippen molar-refractivity contribution in [1.29, 1.82) is 0 Å². The number of para-hydroxylation sites is 1. The molecular formula is C20H14F3N3O8S. The molecule has 0 radical (unpaired) electrons. The molecule has 2 aromatic carbocycles. The molecule has 0 saturated carbocycles. The number of nitrogen functional groups attached to an aromatic ring is 1. The number of hydrogen-bond acceptors (Lipinski definition) is 9. The minimum absolute atomic E-state index is 0.153. The number of hydrogen-bond donors (Lipinski definition) is 2. The lowest BCUT2D eigenvalue weighted by Gasteiger charge is -2.27. The predicted octanol–water partition coefficient (Wildman–Crippen LogP) is 1.34. The van der Waals surface area contributed by atoms with Crippen LogP contribution in [0.2, 0.25) is 0 Å². The maximum Gasteiger partial charge on any atom is 0.573 e. The van der Waals surface area contributed by atoms with Crippen LogP contribution in [0.1, 0.15) is 33.6 Å². The number of nitrogens with zero attached hydrogens (tertiary/aromatic N) is 1. The fraction of sp³-hybridized carbons (Fsp3) is 0.200. The highest BCUT2D eigenvalue weighted by molar-refractivity contribution is 7.87. The smallest absolute Gasteiger partial charge is 0.404 e. The molecule has 2 heterocycles. The van der Waals surface area contributed by atoms with Gasteiger partial charge in [0.15, 0.2) is 11.5 Å². The number of imide groups is 2. The van der Waals surface area contributed by atoms with Crippen molar-refractivity contribution >= 4 is 39.4 Å². The van der Waals surface area contributed by atoms with Crippen LogP contribution < -0.4 is 20.0 Å². The number of ether oxygens (including phenoxy) is 1. The van der Waals surface area contributed by atoms with E-state index in [0.29, 0.717) is 4.90 Å². The van der Waals surface area contributed by atoms with Crippen LogP contribution in [-0.2, 0) is 19.7 Å². The molecular weight excluding hydrogens is 499 g/mol. The number of alkyl halides is 3. The molecule has 4 amide bonds. The third-order valence-electron chi connectivity index (χ3n) is 5.13. The summed E-state index contributed by atoms with van der Waals surface area (Å²) in [7, 11) is -5.07. The van der Waals surface area contributed by atoms with Crippen LogP contribution in [-0.4, -0.2) is 49.4 Å². The topological polar surface area (TPSA) is 162 Å². The zero-order valence-electron chi connectivity index (χ0n) is 17.3. The second kappa shape index (κ2) is 8.26. The van der Waals surface area contributed by atoms with Crippen molar-refractivity contribution in [3.8, 4) is 11.5 Å². The van der Waals surface area contributed by atoms with Crippen LogP contribution in [0.15, 0.2) is 41.3 Å². The van der Waals surface area contributed by atoms with Crippen molar-refractivity contribution in [3.63, 3.8) is 0 Å². The molecule has 2 aromatic rings. The monoisotopic (exact) mass is 513 g/mol. The van der Waals surface area contributed by atoms with Crippen LogP contribution in [0.5, 0.6) is 11.5 Å². The van der Waals surface area contributed by atoms with Crippen molar-refractivity contribution in [2.45, 2.75) is 30.1 Å². The number of fused-ring (bicyclic) bond motifs is 1. The number of halogens is 3. The molecule has 0 bridgehead atoms. The molecule has 2 aliphatic rings. The zero-order valence-corrected chi connectivity index (χ0v) is 18.1. The Morgan fingerprint density at radius 2 is 1.71 bits per heavy atom.